The van der Waals surface area contributed by atoms with Crippen molar-refractivity contribution in [2.75, 3.05) is 19.7 Å². The number of carbonyl (C=O) groups excluding carboxylic acids is 1. The number of piperidine rings is 1. The van der Waals surface area contributed by atoms with Crippen LogP contribution >= 0.6 is 0 Å². The zero-order valence-electron chi connectivity index (χ0n) is 21.9. The van der Waals surface area contributed by atoms with Crippen molar-refractivity contribution in [2.45, 2.75) is 76.3 Å². The SMILES string of the molecule is CC(C)(O)[C@@H]1CC[C@](C)([C@H]2CC3(CCN(C(=O)c4ccc(-c5ccc(C(=O)O)cc5)cc4)CC3)CO2)O1. The zero-order valence-corrected chi connectivity index (χ0v) is 21.9. The highest BCUT2D eigenvalue weighted by atomic mass is 16.6. The molecule has 3 atom stereocenters. The van der Waals surface area contributed by atoms with E-state index in [0.29, 0.717) is 25.3 Å². The number of carbonyl (C=O) groups is 2. The minimum absolute atomic E-state index is 0.0132. The maximum Gasteiger partial charge on any atom is 0.335 e. The molecule has 1 spiro atoms. The number of aromatic carboxylic acids is 1. The lowest BCUT2D eigenvalue weighted by Crippen LogP contribution is -2.45. The van der Waals surface area contributed by atoms with Crippen molar-refractivity contribution < 1.29 is 29.3 Å². The first-order chi connectivity index (χ1) is 17.5. The molecule has 3 fully saturated rings. The largest absolute Gasteiger partial charge is 0.478 e. The monoisotopic (exact) mass is 507 g/mol. The number of rotatable bonds is 5. The highest BCUT2D eigenvalue weighted by molar-refractivity contribution is 5.95. The summed E-state index contributed by atoms with van der Waals surface area (Å²) in [5.74, 6) is -0.909. The van der Waals surface area contributed by atoms with Crippen LogP contribution in [0.4, 0.5) is 0 Å². The number of carboxylic acids is 1. The van der Waals surface area contributed by atoms with Gasteiger partial charge in [0.2, 0.25) is 0 Å². The first-order valence-electron chi connectivity index (χ1n) is 13.2. The molecule has 3 saturated heterocycles. The highest BCUT2D eigenvalue weighted by Gasteiger charge is 2.53. The molecule has 0 aliphatic carbocycles. The third-order valence-electron chi connectivity index (χ3n) is 8.70. The van der Waals surface area contributed by atoms with Crippen LogP contribution in [0.5, 0.6) is 0 Å². The number of aliphatic hydroxyl groups is 1. The predicted molar refractivity (Wildman–Crippen MR) is 140 cm³/mol. The standard InChI is InChI=1S/C30H37NO6/c1-28(2,35)24-12-13-29(3,37-24)25-18-30(19-36-25)14-16-31(17-15-30)26(32)22-8-4-20(5-9-22)21-6-10-23(11-7-21)27(33)34/h4-11,24-25,35H,12-19H2,1-3H3,(H,33,34)/t24-,25+,29+/m0/s1. The van der Waals surface area contributed by atoms with E-state index in [4.69, 9.17) is 14.6 Å². The van der Waals surface area contributed by atoms with Gasteiger partial charge in [-0.1, -0.05) is 24.3 Å². The van der Waals surface area contributed by atoms with E-state index in [9.17, 15) is 14.7 Å². The lowest BCUT2D eigenvalue weighted by Gasteiger charge is -2.39. The average Bonchev–Trinajstić information content (AvgIpc) is 3.50. The third kappa shape index (κ3) is 5.17. The van der Waals surface area contributed by atoms with Crippen LogP contribution in [-0.2, 0) is 9.47 Å². The Kier molecular flexibility index (Phi) is 6.67. The Morgan fingerprint density at radius 2 is 1.51 bits per heavy atom. The van der Waals surface area contributed by atoms with Gasteiger partial charge in [0.1, 0.15) is 0 Å². The van der Waals surface area contributed by atoms with Gasteiger partial charge in [0.15, 0.2) is 0 Å². The number of ether oxygens (including phenoxy) is 2. The van der Waals surface area contributed by atoms with Crippen LogP contribution in [0.25, 0.3) is 11.1 Å². The van der Waals surface area contributed by atoms with Gasteiger partial charge in [0.25, 0.3) is 5.91 Å². The molecule has 198 valence electrons. The van der Waals surface area contributed by atoms with Gasteiger partial charge in [-0.2, -0.15) is 0 Å². The summed E-state index contributed by atoms with van der Waals surface area (Å²) in [5, 5.41) is 19.5. The lowest BCUT2D eigenvalue weighted by molar-refractivity contribution is -0.155. The second kappa shape index (κ2) is 9.53. The Morgan fingerprint density at radius 3 is 2.03 bits per heavy atom. The number of amides is 1. The van der Waals surface area contributed by atoms with E-state index in [1.165, 1.54) is 0 Å². The van der Waals surface area contributed by atoms with Crippen molar-refractivity contribution in [2.24, 2.45) is 5.41 Å². The van der Waals surface area contributed by atoms with Crippen molar-refractivity contribution >= 4 is 11.9 Å². The van der Waals surface area contributed by atoms with Gasteiger partial charge >= 0.3 is 5.97 Å². The predicted octanol–water partition coefficient (Wildman–Crippen LogP) is 4.77. The van der Waals surface area contributed by atoms with Gasteiger partial charge in [-0.05, 0) is 93.7 Å². The molecule has 3 heterocycles. The molecule has 3 aliphatic heterocycles. The summed E-state index contributed by atoms with van der Waals surface area (Å²) >= 11 is 0. The molecule has 37 heavy (non-hydrogen) atoms. The first kappa shape index (κ1) is 25.9. The molecule has 2 N–H and O–H groups in total. The van der Waals surface area contributed by atoms with E-state index in [1.54, 1.807) is 38.1 Å². The van der Waals surface area contributed by atoms with Gasteiger partial charge in [-0.3, -0.25) is 4.79 Å². The fraction of sp³-hybridized carbons (Fsp3) is 0.533. The van der Waals surface area contributed by atoms with Crippen molar-refractivity contribution in [3.05, 3.63) is 59.7 Å². The summed E-state index contributed by atoms with van der Waals surface area (Å²) in [6, 6.07) is 14.2. The summed E-state index contributed by atoms with van der Waals surface area (Å²) in [6.07, 6.45) is 4.31. The maximum atomic E-state index is 13.2. The van der Waals surface area contributed by atoms with Crippen LogP contribution in [-0.4, -0.2) is 70.1 Å². The topological polar surface area (TPSA) is 96.3 Å². The average molecular weight is 508 g/mol. The van der Waals surface area contributed by atoms with Gasteiger partial charge in [-0.15, -0.1) is 0 Å². The van der Waals surface area contributed by atoms with E-state index in [0.717, 1.165) is 43.2 Å². The molecule has 7 nitrogen and oxygen atoms in total. The van der Waals surface area contributed by atoms with Crippen LogP contribution in [0.15, 0.2) is 48.5 Å². The normalized spacial score (nSPS) is 27.5. The van der Waals surface area contributed by atoms with Crippen LogP contribution < -0.4 is 0 Å². The van der Waals surface area contributed by atoms with Crippen LogP contribution in [0.3, 0.4) is 0 Å². The fourth-order valence-electron chi connectivity index (χ4n) is 6.10. The lowest BCUT2D eigenvalue weighted by atomic mass is 9.74. The Labute approximate surface area is 218 Å². The maximum absolute atomic E-state index is 13.2. The number of likely N-dealkylation sites (tertiary alicyclic amines) is 1. The van der Waals surface area contributed by atoms with Crippen LogP contribution in [0.1, 0.15) is 73.6 Å². The molecule has 7 heteroatoms. The molecule has 2 aromatic rings. The van der Waals surface area contributed by atoms with Gasteiger partial charge < -0.3 is 24.6 Å². The van der Waals surface area contributed by atoms with Gasteiger partial charge in [-0.25, -0.2) is 4.79 Å². The summed E-state index contributed by atoms with van der Waals surface area (Å²) in [7, 11) is 0. The van der Waals surface area contributed by atoms with E-state index in [1.807, 2.05) is 29.2 Å². The molecular formula is C30H37NO6. The van der Waals surface area contributed by atoms with Crippen molar-refractivity contribution in [1.29, 1.82) is 0 Å². The second-order valence-corrected chi connectivity index (χ2v) is 11.9. The molecule has 0 bridgehead atoms. The summed E-state index contributed by atoms with van der Waals surface area (Å²) in [5.41, 5.74) is 1.60. The van der Waals surface area contributed by atoms with Crippen LogP contribution in [0, 0.1) is 5.41 Å². The number of benzene rings is 2. The first-order valence-corrected chi connectivity index (χ1v) is 13.2. The summed E-state index contributed by atoms with van der Waals surface area (Å²) in [6.45, 7) is 7.83. The van der Waals surface area contributed by atoms with Crippen molar-refractivity contribution in [3.63, 3.8) is 0 Å². The summed E-state index contributed by atoms with van der Waals surface area (Å²) in [4.78, 5) is 26.2. The second-order valence-electron chi connectivity index (χ2n) is 11.9. The van der Waals surface area contributed by atoms with E-state index >= 15 is 0 Å². The fourth-order valence-corrected chi connectivity index (χ4v) is 6.10. The third-order valence-corrected chi connectivity index (χ3v) is 8.70. The van der Waals surface area contributed by atoms with E-state index in [-0.39, 0.29) is 34.7 Å². The molecule has 0 aromatic heterocycles. The Bertz CT molecular complexity index is 1140. The molecule has 5 rings (SSSR count). The molecule has 2 aromatic carbocycles. The Hall–Kier alpha value is -2.74. The molecule has 0 radical (unpaired) electrons. The molecule has 0 unspecified atom stereocenters. The van der Waals surface area contributed by atoms with E-state index in [2.05, 4.69) is 6.92 Å². The minimum Gasteiger partial charge on any atom is -0.478 e. The number of carboxylic acid groups (broad SMARTS) is 1. The molecule has 0 saturated carbocycles. The molecule has 3 aliphatic rings. The highest BCUT2D eigenvalue weighted by Crippen LogP contribution is 2.49. The van der Waals surface area contributed by atoms with Gasteiger partial charge in [0, 0.05) is 18.7 Å². The quantitative estimate of drug-likeness (QED) is 0.605. The summed E-state index contributed by atoms with van der Waals surface area (Å²) < 4.78 is 12.6. The minimum atomic E-state index is -0.948. The number of hydrogen-bond acceptors (Lipinski definition) is 5. The van der Waals surface area contributed by atoms with E-state index < -0.39 is 11.6 Å². The number of hydrogen-bond donors (Lipinski definition) is 2. The number of nitrogens with zero attached hydrogens (tertiary/aromatic N) is 1. The smallest absolute Gasteiger partial charge is 0.335 e. The van der Waals surface area contributed by atoms with Crippen molar-refractivity contribution in [3.8, 4) is 11.1 Å². The molecule has 1 amide bonds. The molecular weight excluding hydrogens is 470 g/mol. The van der Waals surface area contributed by atoms with Gasteiger partial charge in [0.05, 0.1) is 35.6 Å². The van der Waals surface area contributed by atoms with Crippen molar-refractivity contribution in [1.82, 2.24) is 4.90 Å². The van der Waals surface area contributed by atoms with Crippen LogP contribution in [0.2, 0.25) is 0 Å². The Morgan fingerprint density at radius 1 is 0.946 bits per heavy atom. The zero-order chi connectivity index (χ0) is 26.4. The Balaban J connectivity index is 1.17.